The number of aromatic nitrogens is 2. The second kappa shape index (κ2) is 4.92. The number of hydrogen-bond donors (Lipinski definition) is 2. The lowest BCUT2D eigenvalue weighted by Crippen LogP contribution is -1.97. The van der Waals surface area contributed by atoms with Crippen LogP contribution >= 0.6 is 11.6 Å². The number of halogens is 1. The number of benzene rings is 1. The van der Waals surface area contributed by atoms with Gasteiger partial charge in [-0.3, -0.25) is 0 Å². The highest BCUT2D eigenvalue weighted by atomic mass is 35.5. The SMILES string of the molecule is NCc1ccc(Nc2ncncc2Cl)cc1. The van der Waals surface area contributed by atoms with Crippen LogP contribution in [0.3, 0.4) is 0 Å². The van der Waals surface area contributed by atoms with E-state index in [0.717, 1.165) is 11.3 Å². The van der Waals surface area contributed by atoms with E-state index in [-0.39, 0.29) is 0 Å². The normalized spacial score (nSPS) is 10.1. The van der Waals surface area contributed by atoms with Crippen LogP contribution in [0, 0.1) is 0 Å². The van der Waals surface area contributed by atoms with Gasteiger partial charge in [0.1, 0.15) is 11.3 Å². The molecular formula is C11H11ClN4. The topological polar surface area (TPSA) is 63.8 Å². The van der Waals surface area contributed by atoms with E-state index in [1.807, 2.05) is 24.3 Å². The van der Waals surface area contributed by atoms with Crippen molar-refractivity contribution in [1.29, 1.82) is 0 Å². The molecule has 1 aromatic heterocycles. The monoisotopic (exact) mass is 234 g/mol. The van der Waals surface area contributed by atoms with Crippen LogP contribution in [0.4, 0.5) is 11.5 Å². The third-order valence-corrected chi connectivity index (χ3v) is 2.40. The van der Waals surface area contributed by atoms with Gasteiger partial charge >= 0.3 is 0 Å². The van der Waals surface area contributed by atoms with Crippen LogP contribution in [-0.4, -0.2) is 9.97 Å². The maximum atomic E-state index is 5.93. The molecule has 4 nitrogen and oxygen atoms in total. The molecule has 2 rings (SSSR count). The van der Waals surface area contributed by atoms with Crippen molar-refractivity contribution in [2.45, 2.75) is 6.54 Å². The largest absolute Gasteiger partial charge is 0.339 e. The molecule has 0 aliphatic rings. The summed E-state index contributed by atoms with van der Waals surface area (Å²) in [5, 5.41) is 3.59. The van der Waals surface area contributed by atoms with Crippen LogP contribution in [0.15, 0.2) is 36.8 Å². The second-order valence-electron chi connectivity index (χ2n) is 3.25. The van der Waals surface area contributed by atoms with Crippen molar-refractivity contribution < 1.29 is 0 Å². The summed E-state index contributed by atoms with van der Waals surface area (Å²) in [6.07, 6.45) is 2.99. The number of hydrogen-bond acceptors (Lipinski definition) is 4. The van der Waals surface area contributed by atoms with Crippen molar-refractivity contribution in [3.05, 3.63) is 47.4 Å². The molecule has 1 aromatic carbocycles. The van der Waals surface area contributed by atoms with E-state index in [9.17, 15) is 0 Å². The molecule has 0 bridgehead atoms. The van der Waals surface area contributed by atoms with Gasteiger partial charge in [0.25, 0.3) is 0 Å². The lowest BCUT2D eigenvalue weighted by atomic mass is 10.2. The zero-order valence-corrected chi connectivity index (χ0v) is 9.28. The molecule has 1 heterocycles. The average Bonchev–Trinajstić information content (AvgIpc) is 2.33. The summed E-state index contributed by atoms with van der Waals surface area (Å²) in [6.45, 7) is 0.536. The molecule has 0 radical (unpaired) electrons. The van der Waals surface area contributed by atoms with Crippen molar-refractivity contribution in [3.8, 4) is 0 Å². The Morgan fingerprint density at radius 3 is 2.62 bits per heavy atom. The predicted molar refractivity (Wildman–Crippen MR) is 64.7 cm³/mol. The molecule has 0 amide bonds. The van der Waals surface area contributed by atoms with Crippen LogP contribution in [0.1, 0.15) is 5.56 Å². The number of nitrogens with two attached hydrogens (primary N) is 1. The highest BCUT2D eigenvalue weighted by Crippen LogP contribution is 2.21. The molecule has 0 spiro atoms. The molecule has 5 heteroatoms. The highest BCUT2D eigenvalue weighted by molar-refractivity contribution is 6.32. The van der Waals surface area contributed by atoms with E-state index in [1.165, 1.54) is 6.33 Å². The van der Waals surface area contributed by atoms with Crippen LogP contribution < -0.4 is 11.1 Å². The first-order valence-electron chi connectivity index (χ1n) is 4.81. The lowest BCUT2D eigenvalue weighted by Gasteiger charge is -2.06. The number of anilines is 2. The number of nitrogens with one attached hydrogen (secondary N) is 1. The first kappa shape index (κ1) is 10.9. The molecule has 3 N–H and O–H groups in total. The van der Waals surface area contributed by atoms with Gasteiger partial charge in [0.05, 0.1) is 6.20 Å². The summed E-state index contributed by atoms with van der Waals surface area (Å²) < 4.78 is 0. The van der Waals surface area contributed by atoms with Gasteiger partial charge in [0.15, 0.2) is 5.82 Å². The van der Waals surface area contributed by atoms with Gasteiger partial charge in [-0.1, -0.05) is 23.7 Å². The standard InChI is InChI=1S/C11H11ClN4/c12-10-6-14-7-15-11(10)16-9-3-1-8(5-13)2-4-9/h1-4,6-7H,5,13H2,(H,14,15,16). The van der Waals surface area contributed by atoms with Crippen LogP contribution in [0.5, 0.6) is 0 Å². The van der Waals surface area contributed by atoms with Gasteiger partial charge in [-0.2, -0.15) is 0 Å². The molecule has 2 aromatic rings. The minimum absolute atomic E-state index is 0.491. The summed E-state index contributed by atoms with van der Waals surface area (Å²) in [4.78, 5) is 7.85. The maximum absolute atomic E-state index is 5.93. The Hall–Kier alpha value is -1.65. The average molecular weight is 235 g/mol. The Morgan fingerprint density at radius 2 is 2.00 bits per heavy atom. The first-order chi connectivity index (χ1) is 7.79. The van der Waals surface area contributed by atoms with Crippen molar-refractivity contribution in [2.24, 2.45) is 5.73 Å². The van der Waals surface area contributed by atoms with E-state index in [4.69, 9.17) is 17.3 Å². The zero-order chi connectivity index (χ0) is 11.4. The summed E-state index contributed by atoms with van der Waals surface area (Å²) in [7, 11) is 0. The van der Waals surface area contributed by atoms with Crippen molar-refractivity contribution >= 4 is 23.1 Å². The third-order valence-electron chi connectivity index (χ3n) is 2.12. The van der Waals surface area contributed by atoms with Gasteiger partial charge in [0, 0.05) is 12.2 Å². The quantitative estimate of drug-likeness (QED) is 0.856. The van der Waals surface area contributed by atoms with Gasteiger partial charge < -0.3 is 11.1 Å². The summed E-state index contributed by atoms with van der Waals surface area (Å²) >= 11 is 5.93. The molecule has 0 saturated heterocycles. The lowest BCUT2D eigenvalue weighted by molar-refractivity contribution is 1.07. The molecule has 0 aliphatic heterocycles. The molecule has 0 aliphatic carbocycles. The Balaban J connectivity index is 2.18. The molecular weight excluding hydrogens is 224 g/mol. The van der Waals surface area contributed by atoms with Gasteiger partial charge in [-0.25, -0.2) is 9.97 Å². The summed E-state index contributed by atoms with van der Waals surface area (Å²) in [5.41, 5.74) is 7.51. The number of nitrogens with zero attached hydrogens (tertiary/aromatic N) is 2. The van der Waals surface area contributed by atoms with E-state index in [0.29, 0.717) is 17.4 Å². The Labute approximate surface area is 98.5 Å². The van der Waals surface area contributed by atoms with Gasteiger partial charge in [-0.15, -0.1) is 0 Å². The Kier molecular flexibility index (Phi) is 3.34. The minimum atomic E-state index is 0.491. The molecule has 0 unspecified atom stereocenters. The third kappa shape index (κ3) is 2.48. The van der Waals surface area contributed by atoms with Crippen LogP contribution in [0.25, 0.3) is 0 Å². The molecule has 0 fully saturated rings. The minimum Gasteiger partial charge on any atom is -0.339 e. The smallest absolute Gasteiger partial charge is 0.152 e. The molecule has 16 heavy (non-hydrogen) atoms. The van der Waals surface area contributed by atoms with Gasteiger partial charge in [0.2, 0.25) is 0 Å². The fraction of sp³-hybridized carbons (Fsp3) is 0.0909. The van der Waals surface area contributed by atoms with Crippen LogP contribution in [-0.2, 0) is 6.54 Å². The summed E-state index contributed by atoms with van der Waals surface area (Å²) in [5.74, 6) is 0.595. The number of rotatable bonds is 3. The second-order valence-corrected chi connectivity index (χ2v) is 3.65. The fourth-order valence-corrected chi connectivity index (χ4v) is 1.42. The first-order valence-corrected chi connectivity index (χ1v) is 5.19. The highest BCUT2D eigenvalue weighted by Gasteiger charge is 2.01. The molecule has 0 saturated carbocycles. The van der Waals surface area contributed by atoms with Gasteiger partial charge in [-0.05, 0) is 17.7 Å². The van der Waals surface area contributed by atoms with E-state index in [1.54, 1.807) is 6.20 Å². The predicted octanol–water partition coefficient (Wildman–Crippen LogP) is 2.33. The van der Waals surface area contributed by atoms with Crippen LogP contribution in [0.2, 0.25) is 5.02 Å². The van der Waals surface area contributed by atoms with Crippen molar-refractivity contribution in [2.75, 3.05) is 5.32 Å². The van der Waals surface area contributed by atoms with Crippen molar-refractivity contribution in [1.82, 2.24) is 9.97 Å². The molecule has 0 atom stereocenters. The zero-order valence-electron chi connectivity index (χ0n) is 8.52. The van der Waals surface area contributed by atoms with E-state index >= 15 is 0 Å². The Morgan fingerprint density at radius 1 is 1.25 bits per heavy atom. The Bertz CT molecular complexity index is 470. The maximum Gasteiger partial charge on any atom is 0.152 e. The molecule has 82 valence electrons. The van der Waals surface area contributed by atoms with Crippen molar-refractivity contribution in [3.63, 3.8) is 0 Å². The van der Waals surface area contributed by atoms with E-state index < -0.39 is 0 Å². The fourth-order valence-electron chi connectivity index (χ4n) is 1.27. The van der Waals surface area contributed by atoms with E-state index in [2.05, 4.69) is 15.3 Å². The summed E-state index contributed by atoms with van der Waals surface area (Å²) in [6, 6.07) is 7.77.